The summed E-state index contributed by atoms with van der Waals surface area (Å²) in [5.74, 6) is -0.335. The second-order valence-corrected chi connectivity index (χ2v) is 7.98. The lowest BCUT2D eigenvalue weighted by Crippen LogP contribution is -2.15. The van der Waals surface area contributed by atoms with Crippen molar-refractivity contribution < 1.29 is 9.59 Å². The van der Waals surface area contributed by atoms with Crippen molar-refractivity contribution in [2.75, 3.05) is 10.6 Å². The largest absolute Gasteiger partial charge is 0.326 e. The number of thiazole rings is 1. The highest BCUT2D eigenvalue weighted by atomic mass is 79.9. The van der Waals surface area contributed by atoms with Crippen LogP contribution in [0.15, 0.2) is 45.6 Å². The molecule has 0 spiro atoms. The van der Waals surface area contributed by atoms with Crippen molar-refractivity contribution >= 4 is 61.2 Å². The number of amides is 2. The van der Waals surface area contributed by atoms with Crippen LogP contribution >= 0.6 is 38.6 Å². The minimum absolute atomic E-state index is 0.146. The minimum atomic E-state index is -0.189. The number of nitrogens with one attached hydrogen (secondary N) is 2. The van der Waals surface area contributed by atoms with Crippen molar-refractivity contribution in [1.82, 2.24) is 4.98 Å². The first-order valence-corrected chi connectivity index (χ1v) is 9.92. The van der Waals surface area contributed by atoms with Crippen LogP contribution in [-0.2, 0) is 11.2 Å². The fraction of sp³-hybridized carbons (Fsp3) is 0.118. The van der Waals surface area contributed by atoms with Crippen molar-refractivity contribution in [2.24, 2.45) is 0 Å². The van der Waals surface area contributed by atoms with E-state index in [1.807, 2.05) is 36.6 Å². The summed E-state index contributed by atoms with van der Waals surface area (Å²) < 4.78 is 0.966. The Morgan fingerprint density at radius 2 is 2.04 bits per heavy atom. The van der Waals surface area contributed by atoms with Crippen molar-refractivity contribution in [2.45, 2.75) is 13.3 Å². The second-order valence-electron chi connectivity index (χ2n) is 5.26. The van der Waals surface area contributed by atoms with Gasteiger partial charge in [0.05, 0.1) is 17.0 Å². The number of halogens is 1. The maximum Gasteiger partial charge on any atom is 0.267 e. The highest BCUT2D eigenvalue weighted by Gasteiger charge is 2.12. The number of aryl methyl sites for hydroxylation is 1. The van der Waals surface area contributed by atoms with Crippen LogP contribution in [0, 0.1) is 6.92 Å². The predicted octanol–water partition coefficient (Wildman–Crippen LogP) is 4.71. The molecule has 2 amide bonds. The highest BCUT2D eigenvalue weighted by Crippen LogP contribution is 2.21. The lowest BCUT2D eigenvalue weighted by atomic mass is 10.2. The number of carbonyl (C=O) groups excluding carboxylic acids is 2. The van der Waals surface area contributed by atoms with Gasteiger partial charge in [-0.3, -0.25) is 14.9 Å². The van der Waals surface area contributed by atoms with Crippen LogP contribution in [0.5, 0.6) is 0 Å². The van der Waals surface area contributed by atoms with E-state index in [2.05, 4.69) is 31.5 Å². The number of hydrogen-bond donors (Lipinski definition) is 2. The van der Waals surface area contributed by atoms with Gasteiger partial charge in [0.25, 0.3) is 5.91 Å². The number of aromatic nitrogens is 1. The van der Waals surface area contributed by atoms with Crippen LogP contribution in [0.4, 0.5) is 10.8 Å². The van der Waals surface area contributed by atoms with Crippen molar-refractivity contribution in [1.29, 1.82) is 0 Å². The zero-order valence-corrected chi connectivity index (χ0v) is 16.4. The van der Waals surface area contributed by atoms with E-state index >= 15 is 0 Å². The third-order valence-corrected chi connectivity index (χ3v) is 5.49. The quantitative estimate of drug-likeness (QED) is 0.609. The summed E-state index contributed by atoms with van der Waals surface area (Å²) in [4.78, 5) is 29.1. The van der Waals surface area contributed by atoms with E-state index in [-0.39, 0.29) is 18.2 Å². The van der Waals surface area contributed by atoms with Gasteiger partial charge >= 0.3 is 0 Å². The lowest BCUT2D eigenvalue weighted by molar-refractivity contribution is -0.115. The molecule has 0 fully saturated rings. The molecule has 128 valence electrons. The molecule has 0 atom stereocenters. The number of benzene rings is 1. The number of nitrogens with zero attached hydrogens (tertiary/aromatic N) is 1. The smallest absolute Gasteiger partial charge is 0.267 e. The van der Waals surface area contributed by atoms with Crippen LogP contribution in [-0.4, -0.2) is 16.8 Å². The van der Waals surface area contributed by atoms with E-state index in [0.717, 1.165) is 15.7 Å². The van der Waals surface area contributed by atoms with Gasteiger partial charge in [0.15, 0.2) is 5.13 Å². The van der Waals surface area contributed by atoms with E-state index in [1.54, 1.807) is 11.4 Å². The molecule has 0 bridgehead atoms. The predicted molar refractivity (Wildman–Crippen MR) is 106 cm³/mol. The maximum atomic E-state index is 12.2. The molecule has 2 aromatic heterocycles. The molecule has 3 aromatic rings. The monoisotopic (exact) mass is 435 g/mol. The molecule has 0 aliphatic rings. The Morgan fingerprint density at radius 3 is 2.76 bits per heavy atom. The Balaban J connectivity index is 1.59. The molecule has 0 aliphatic heterocycles. The molecule has 0 saturated carbocycles. The molecule has 3 rings (SSSR count). The highest BCUT2D eigenvalue weighted by molar-refractivity contribution is 9.10. The molecular formula is C17H14BrN3O2S2. The van der Waals surface area contributed by atoms with Gasteiger partial charge in [0.1, 0.15) is 0 Å². The van der Waals surface area contributed by atoms with Crippen LogP contribution in [0.2, 0.25) is 0 Å². The first-order chi connectivity index (χ1) is 12.0. The van der Waals surface area contributed by atoms with Crippen LogP contribution in [0.25, 0.3) is 0 Å². The average molecular weight is 436 g/mol. The Morgan fingerprint density at radius 1 is 1.20 bits per heavy atom. The van der Waals surface area contributed by atoms with E-state index in [1.165, 1.54) is 22.7 Å². The molecule has 0 unspecified atom stereocenters. The Kier molecular flexibility index (Phi) is 5.62. The molecule has 0 radical (unpaired) electrons. The van der Waals surface area contributed by atoms with E-state index in [9.17, 15) is 9.59 Å². The maximum absolute atomic E-state index is 12.2. The van der Waals surface area contributed by atoms with Gasteiger partial charge in [-0.15, -0.1) is 22.7 Å². The summed E-state index contributed by atoms with van der Waals surface area (Å²) in [5.41, 5.74) is 2.37. The standard InChI is InChI=1S/C17H14BrN3O2S2/c1-10-7-11(18)4-5-13(10)20-15(22)8-12-9-25-17(19-12)21-16(23)14-3-2-6-24-14/h2-7,9H,8H2,1H3,(H,20,22)(H,19,21,23). The molecule has 0 saturated heterocycles. The van der Waals surface area contributed by atoms with Gasteiger partial charge in [0, 0.05) is 15.5 Å². The molecule has 8 heteroatoms. The van der Waals surface area contributed by atoms with Crippen molar-refractivity contribution in [3.05, 3.63) is 61.7 Å². The normalized spacial score (nSPS) is 10.5. The van der Waals surface area contributed by atoms with Crippen molar-refractivity contribution in [3.8, 4) is 0 Å². The fourth-order valence-corrected chi connectivity index (χ4v) is 3.94. The number of anilines is 2. The van der Waals surface area contributed by atoms with Crippen LogP contribution < -0.4 is 10.6 Å². The molecule has 1 aromatic carbocycles. The van der Waals surface area contributed by atoms with Gasteiger partial charge in [-0.25, -0.2) is 4.98 Å². The summed E-state index contributed by atoms with van der Waals surface area (Å²) in [5, 5.41) is 9.73. The number of carbonyl (C=O) groups is 2. The zero-order valence-electron chi connectivity index (χ0n) is 13.2. The van der Waals surface area contributed by atoms with Crippen LogP contribution in [0.1, 0.15) is 20.9 Å². The Hall–Kier alpha value is -2.03. The van der Waals surface area contributed by atoms with E-state index < -0.39 is 0 Å². The number of thiophene rings is 1. The topological polar surface area (TPSA) is 71.1 Å². The fourth-order valence-electron chi connectivity index (χ4n) is 2.14. The summed E-state index contributed by atoms with van der Waals surface area (Å²) in [6.07, 6.45) is 0.154. The molecule has 2 heterocycles. The first kappa shape index (κ1) is 17.8. The van der Waals surface area contributed by atoms with Gasteiger partial charge < -0.3 is 5.32 Å². The number of hydrogen-bond acceptors (Lipinski definition) is 5. The number of rotatable bonds is 5. The Bertz CT molecular complexity index is 907. The minimum Gasteiger partial charge on any atom is -0.326 e. The summed E-state index contributed by atoms with van der Waals surface area (Å²) in [7, 11) is 0. The molecule has 2 N–H and O–H groups in total. The van der Waals surface area contributed by atoms with E-state index in [0.29, 0.717) is 15.7 Å². The lowest BCUT2D eigenvalue weighted by Gasteiger charge is -2.08. The second kappa shape index (κ2) is 7.90. The molecule has 0 aliphatic carbocycles. The van der Waals surface area contributed by atoms with E-state index in [4.69, 9.17) is 0 Å². The van der Waals surface area contributed by atoms with Gasteiger partial charge in [0.2, 0.25) is 5.91 Å². The average Bonchev–Trinajstić information content (AvgIpc) is 3.22. The third kappa shape index (κ3) is 4.75. The molecular weight excluding hydrogens is 422 g/mol. The van der Waals surface area contributed by atoms with Gasteiger partial charge in [-0.1, -0.05) is 22.0 Å². The van der Waals surface area contributed by atoms with Gasteiger partial charge in [-0.05, 0) is 42.1 Å². The van der Waals surface area contributed by atoms with Crippen molar-refractivity contribution in [3.63, 3.8) is 0 Å². The molecule has 5 nitrogen and oxygen atoms in total. The van der Waals surface area contributed by atoms with Gasteiger partial charge in [-0.2, -0.15) is 0 Å². The zero-order chi connectivity index (χ0) is 17.8. The Labute approximate surface area is 161 Å². The summed E-state index contributed by atoms with van der Waals surface area (Å²) in [6.45, 7) is 1.93. The summed E-state index contributed by atoms with van der Waals surface area (Å²) >= 11 is 6.07. The third-order valence-electron chi connectivity index (χ3n) is 3.32. The first-order valence-electron chi connectivity index (χ1n) is 7.36. The van der Waals surface area contributed by atoms with Crippen LogP contribution in [0.3, 0.4) is 0 Å². The molecule has 25 heavy (non-hydrogen) atoms. The SMILES string of the molecule is Cc1cc(Br)ccc1NC(=O)Cc1csc(NC(=O)c2cccs2)n1. The summed E-state index contributed by atoms with van der Waals surface area (Å²) in [6, 6.07) is 9.25.